The van der Waals surface area contributed by atoms with E-state index in [-0.39, 0.29) is 17.9 Å². The molecule has 7 heteroatoms. The lowest BCUT2D eigenvalue weighted by atomic mass is 9.90. The van der Waals surface area contributed by atoms with Gasteiger partial charge in [0, 0.05) is 30.9 Å². The van der Waals surface area contributed by atoms with Gasteiger partial charge in [0.05, 0.1) is 6.20 Å². The van der Waals surface area contributed by atoms with Crippen molar-refractivity contribution in [3.63, 3.8) is 0 Å². The monoisotopic (exact) mass is 306 g/mol. The van der Waals surface area contributed by atoms with E-state index in [2.05, 4.69) is 20.3 Å². The number of carbonyl (C=O) groups excluding carboxylic acids is 1. The summed E-state index contributed by atoms with van der Waals surface area (Å²) < 4.78 is 0. The normalized spacial score (nSPS) is 11.4. The summed E-state index contributed by atoms with van der Waals surface area (Å²) in [5, 5.41) is 14.2. The van der Waals surface area contributed by atoms with E-state index in [9.17, 15) is 4.79 Å². The second kappa shape index (κ2) is 6.73. The summed E-state index contributed by atoms with van der Waals surface area (Å²) in [5.74, 6) is -0.215. The minimum Gasteiger partial charge on any atom is -0.396 e. The van der Waals surface area contributed by atoms with Gasteiger partial charge in [-0.25, -0.2) is 4.98 Å². The van der Waals surface area contributed by atoms with Crippen LogP contribution in [0.25, 0.3) is 10.7 Å². The van der Waals surface area contributed by atoms with Crippen LogP contribution in [-0.4, -0.2) is 39.1 Å². The van der Waals surface area contributed by atoms with E-state index in [1.807, 2.05) is 13.8 Å². The molecule has 2 rings (SSSR count). The highest BCUT2D eigenvalue weighted by molar-refractivity contribution is 7.13. The van der Waals surface area contributed by atoms with E-state index in [0.29, 0.717) is 29.4 Å². The number of nitrogens with zero attached hydrogens (tertiary/aromatic N) is 3. The van der Waals surface area contributed by atoms with Crippen LogP contribution in [0.5, 0.6) is 0 Å². The summed E-state index contributed by atoms with van der Waals surface area (Å²) in [6.45, 7) is 4.59. The number of aliphatic hydroxyl groups excluding tert-OH is 1. The van der Waals surface area contributed by atoms with Crippen LogP contribution in [0.1, 0.15) is 30.8 Å². The average Bonchev–Trinajstić information content (AvgIpc) is 2.96. The first-order valence-electron chi connectivity index (χ1n) is 6.63. The minimum absolute atomic E-state index is 0.108. The van der Waals surface area contributed by atoms with Crippen molar-refractivity contribution < 1.29 is 9.90 Å². The van der Waals surface area contributed by atoms with Crippen LogP contribution in [0, 0.1) is 5.41 Å². The average molecular weight is 306 g/mol. The van der Waals surface area contributed by atoms with Crippen molar-refractivity contribution in [2.75, 3.05) is 13.2 Å². The molecule has 0 bridgehead atoms. The van der Waals surface area contributed by atoms with E-state index in [4.69, 9.17) is 5.11 Å². The molecule has 2 aromatic heterocycles. The molecular weight excluding hydrogens is 288 g/mol. The van der Waals surface area contributed by atoms with Gasteiger partial charge in [0.15, 0.2) is 0 Å². The van der Waals surface area contributed by atoms with Crippen LogP contribution in [-0.2, 0) is 0 Å². The number of carbonyl (C=O) groups is 1. The Morgan fingerprint density at radius 2 is 2.24 bits per heavy atom. The smallest absolute Gasteiger partial charge is 0.270 e. The van der Waals surface area contributed by atoms with Gasteiger partial charge in [-0.1, -0.05) is 13.8 Å². The molecule has 0 fully saturated rings. The number of thiazole rings is 1. The Morgan fingerprint density at radius 3 is 2.90 bits per heavy atom. The zero-order valence-electron chi connectivity index (χ0n) is 12.0. The molecule has 0 aliphatic carbocycles. The first-order valence-corrected chi connectivity index (χ1v) is 7.51. The maximum absolute atomic E-state index is 12.1. The molecule has 21 heavy (non-hydrogen) atoms. The largest absolute Gasteiger partial charge is 0.396 e. The van der Waals surface area contributed by atoms with Crippen LogP contribution in [0.2, 0.25) is 0 Å². The Bertz CT molecular complexity index is 598. The topological polar surface area (TPSA) is 88.0 Å². The predicted octanol–water partition coefficient (Wildman–Crippen LogP) is 1.74. The first-order chi connectivity index (χ1) is 10.0. The van der Waals surface area contributed by atoms with Crippen molar-refractivity contribution >= 4 is 17.2 Å². The van der Waals surface area contributed by atoms with Gasteiger partial charge in [-0.2, -0.15) is 0 Å². The summed E-state index contributed by atoms with van der Waals surface area (Å²) >= 11 is 1.36. The van der Waals surface area contributed by atoms with Gasteiger partial charge in [-0.05, 0) is 11.8 Å². The molecule has 2 heterocycles. The highest BCUT2D eigenvalue weighted by Gasteiger charge is 2.20. The number of aliphatic hydroxyl groups is 1. The van der Waals surface area contributed by atoms with Gasteiger partial charge in [0.1, 0.15) is 16.4 Å². The first kappa shape index (κ1) is 15.5. The quantitative estimate of drug-likeness (QED) is 0.848. The molecular formula is C14H18N4O2S. The fraction of sp³-hybridized carbons (Fsp3) is 0.429. The van der Waals surface area contributed by atoms with Crippen molar-refractivity contribution in [2.24, 2.45) is 5.41 Å². The van der Waals surface area contributed by atoms with Gasteiger partial charge in [-0.15, -0.1) is 11.3 Å². The number of rotatable bonds is 6. The SMILES string of the molecule is CC(C)(CCO)CNC(=O)c1csc(-c2cnccn2)n1. The fourth-order valence-corrected chi connectivity index (χ4v) is 2.47. The van der Waals surface area contributed by atoms with E-state index in [0.717, 1.165) is 0 Å². The van der Waals surface area contributed by atoms with E-state index in [1.54, 1.807) is 24.0 Å². The lowest BCUT2D eigenvalue weighted by molar-refractivity contribution is 0.0924. The molecule has 1 amide bonds. The third-order valence-corrected chi connectivity index (χ3v) is 3.90. The number of hydrogen-bond acceptors (Lipinski definition) is 6. The van der Waals surface area contributed by atoms with Gasteiger partial charge in [-0.3, -0.25) is 14.8 Å². The molecule has 2 N–H and O–H groups in total. The number of nitrogens with one attached hydrogen (secondary N) is 1. The molecule has 0 aliphatic rings. The Balaban J connectivity index is 2.00. The maximum Gasteiger partial charge on any atom is 0.270 e. The highest BCUT2D eigenvalue weighted by Crippen LogP contribution is 2.21. The molecule has 2 aromatic rings. The predicted molar refractivity (Wildman–Crippen MR) is 81.0 cm³/mol. The van der Waals surface area contributed by atoms with Crippen molar-refractivity contribution in [3.05, 3.63) is 29.7 Å². The van der Waals surface area contributed by atoms with Crippen molar-refractivity contribution in [2.45, 2.75) is 20.3 Å². The van der Waals surface area contributed by atoms with Crippen molar-refractivity contribution in [1.82, 2.24) is 20.3 Å². The zero-order valence-corrected chi connectivity index (χ0v) is 12.9. The van der Waals surface area contributed by atoms with Crippen LogP contribution in [0.15, 0.2) is 24.0 Å². The van der Waals surface area contributed by atoms with Crippen LogP contribution < -0.4 is 5.32 Å². The van der Waals surface area contributed by atoms with Gasteiger partial charge in [0.25, 0.3) is 5.91 Å². The van der Waals surface area contributed by atoms with Crippen LogP contribution >= 0.6 is 11.3 Å². The molecule has 0 atom stereocenters. The Hall–Kier alpha value is -1.86. The number of amides is 1. The summed E-state index contributed by atoms with van der Waals surface area (Å²) in [4.78, 5) is 24.5. The maximum atomic E-state index is 12.1. The third kappa shape index (κ3) is 4.30. The molecule has 0 aliphatic heterocycles. The number of aromatic nitrogens is 3. The summed E-state index contributed by atoms with van der Waals surface area (Å²) in [7, 11) is 0. The second-order valence-electron chi connectivity index (χ2n) is 5.45. The van der Waals surface area contributed by atoms with Gasteiger partial charge >= 0.3 is 0 Å². The highest BCUT2D eigenvalue weighted by atomic mass is 32.1. The summed E-state index contributed by atoms with van der Waals surface area (Å²) in [5.41, 5.74) is 0.886. The lowest BCUT2D eigenvalue weighted by Gasteiger charge is -2.23. The van der Waals surface area contributed by atoms with Gasteiger partial charge in [0.2, 0.25) is 0 Å². The van der Waals surface area contributed by atoms with E-state index in [1.165, 1.54) is 11.3 Å². The van der Waals surface area contributed by atoms with Crippen LogP contribution in [0.3, 0.4) is 0 Å². The van der Waals surface area contributed by atoms with Crippen molar-refractivity contribution in [1.29, 1.82) is 0 Å². The molecule has 112 valence electrons. The zero-order chi connectivity index (χ0) is 15.3. The standard InChI is InChI=1S/C14H18N4O2S/c1-14(2,3-6-19)9-17-12(20)11-8-21-13(18-11)10-7-15-4-5-16-10/h4-5,7-8,19H,3,6,9H2,1-2H3,(H,17,20). The summed E-state index contributed by atoms with van der Waals surface area (Å²) in [6.07, 6.45) is 5.43. The second-order valence-corrected chi connectivity index (χ2v) is 6.31. The molecule has 0 radical (unpaired) electrons. The lowest BCUT2D eigenvalue weighted by Crippen LogP contribution is -2.34. The molecule has 0 spiro atoms. The summed E-state index contributed by atoms with van der Waals surface area (Å²) in [6, 6.07) is 0. The molecule has 0 saturated carbocycles. The van der Waals surface area contributed by atoms with Gasteiger partial charge < -0.3 is 10.4 Å². The Kier molecular flexibility index (Phi) is 4.98. The van der Waals surface area contributed by atoms with Crippen LogP contribution in [0.4, 0.5) is 0 Å². The Labute approximate surface area is 127 Å². The fourth-order valence-electron chi connectivity index (χ4n) is 1.71. The molecule has 0 aromatic carbocycles. The van der Waals surface area contributed by atoms with E-state index >= 15 is 0 Å². The Morgan fingerprint density at radius 1 is 1.43 bits per heavy atom. The molecule has 0 unspecified atom stereocenters. The van der Waals surface area contributed by atoms with Crippen molar-refractivity contribution in [3.8, 4) is 10.7 Å². The minimum atomic E-state index is -0.215. The molecule has 6 nitrogen and oxygen atoms in total. The molecule has 0 saturated heterocycles. The van der Waals surface area contributed by atoms with E-state index < -0.39 is 0 Å². The third-order valence-electron chi connectivity index (χ3n) is 3.04. The number of hydrogen-bond donors (Lipinski definition) is 2.